The van der Waals surface area contributed by atoms with Crippen LogP contribution in [0.25, 0.3) is 11.5 Å². The predicted octanol–water partition coefficient (Wildman–Crippen LogP) is 1.86. The summed E-state index contributed by atoms with van der Waals surface area (Å²) in [5.41, 5.74) is 2.07. The van der Waals surface area contributed by atoms with Gasteiger partial charge in [0.1, 0.15) is 11.5 Å². The lowest BCUT2D eigenvalue weighted by Crippen LogP contribution is -2.28. The maximum atomic E-state index is 5.62. The van der Waals surface area contributed by atoms with Crippen LogP contribution in [0.2, 0.25) is 0 Å². The molecule has 0 aromatic carbocycles. The highest BCUT2D eigenvalue weighted by atomic mass is 16.5. The Bertz CT molecular complexity index is 512. The van der Waals surface area contributed by atoms with Crippen molar-refractivity contribution in [1.29, 1.82) is 0 Å². The van der Waals surface area contributed by atoms with Gasteiger partial charge in [0.05, 0.1) is 12.8 Å². The standard InChI is InChI=1S/C13H17N3O2/c1-9-2-3-12(18-9)13-10(7-15-16-13)6-14-11-4-5-17-8-11/h2-3,7,11,14H,4-6,8H2,1H3,(H,15,16). The largest absolute Gasteiger partial charge is 0.460 e. The van der Waals surface area contributed by atoms with Gasteiger partial charge in [-0.2, -0.15) is 5.10 Å². The normalized spacial score (nSPS) is 19.5. The van der Waals surface area contributed by atoms with E-state index in [9.17, 15) is 0 Å². The summed E-state index contributed by atoms with van der Waals surface area (Å²) >= 11 is 0. The van der Waals surface area contributed by atoms with Gasteiger partial charge in [-0.25, -0.2) is 0 Å². The smallest absolute Gasteiger partial charge is 0.152 e. The average Bonchev–Trinajstić information content (AvgIpc) is 3.07. The zero-order chi connectivity index (χ0) is 12.4. The van der Waals surface area contributed by atoms with Gasteiger partial charge in [0, 0.05) is 24.8 Å². The topological polar surface area (TPSA) is 63.1 Å². The fraction of sp³-hybridized carbons (Fsp3) is 0.462. The number of nitrogens with zero attached hydrogens (tertiary/aromatic N) is 1. The Balaban J connectivity index is 1.71. The van der Waals surface area contributed by atoms with Gasteiger partial charge in [-0.15, -0.1) is 0 Å². The van der Waals surface area contributed by atoms with Crippen LogP contribution in [0, 0.1) is 6.92 Å². The number of H-pyrrole nitrogens is 1. The summed E-state index contributed by atoms with van der Waals surface area (Å²) in [6.07, 6.45) is 2.92. The summed E-state index contributed by atoms with van der Waals surface area (Å²) in [4.78, 5) is 0. The lowest BCUT2D eigenvalue weighted by atomic mass is 10.2. The second-order valence-corrected chi connectivity index (χ2v) is 4.62. The minimum atomic E-state index is 0.450. The van der Waals surface area contributed by atoms with E-state index in [1.165, 1.54) is 0 Å². The summed E-state index contributed by atoms with van der Waals surface area (Å²) in [5.74, 6) is 1.74. The van der Waals surface area contributed by atoms with Crippen molar-refractivity contribution in [2.24, 2.45) is 0 Å². The lowest BCUT2D eigenvalue weighted by Gasteiger charge is -2.09. The van der Waals surface area contributed by atoms with Gasteiger partial charge in [-0.1, -0.05) is 0 Å². The molecule has 1 aliphatic heterocycles. The summed E-state index contributed by atoms with van der Waals surface area (Å²) in [6, 6.07) is 4.37. The molecule has 0 spiro atoms. The fourth-order valence-corrected chi connectivity index (χ4v) is 2.18. The summed E-state index contributed by atoms with van der Waals surface area (Å²) in [5, 5.41) is 10.6. The van der Waals surface area contributed by atoms with Crippen LogP contribution in [0.15, 0.2) is 22.7 Å². The van der Waals surface area contributed by atoms with Crippen LogP contribution in [0.4, 0.5) is 0 Å². The highest BCUT2D eigenvalue weighted by Crippen LogP contribution is 2.23. The Morgan fingerprint density at radius 1 is 1.50 bits per heavy atom. The zero-order valence-electron chi connectivity index (χ0n) is 10.4. The van der Waals surface area contributed by atoms with Gasteiger partial charge in [0.25, 0.3) is 0 Å². The van der Waals surface area contributed by atoms with Gasteiger partial charge in [0.15, 0.2) is 5.76 Å². The molecule has 0 amide bonds. The highest BCUT2D eigenvalue weighted by Gasteiger charge is 2.16. The molecule has 0 saturated carbocycles. The van der Waals surface area contributed by atoms with E-state index in [1.807, 2.05) is 25.3 Å². The zero-order valence-corrected chi connectivity index (χ0v) is 10.4. The minimum absolute atomic E-state index is 0.450. The molecule has 2 N–H and O–H groups in total. The number of hydrogen-bond acceptors (Lipinski definition) is 4. The van der Waals surface area contributed by atoms with Gasteiger partial charge in [-0.3, -0.25) is 5.10 Å². The molecular formula is C13H17N3O2. The van der Waals surface area contributed by atoms with Crippen molar-refractivity contribution in [2.75, 3.05) is 13.2 Å². The number of furan rings is 1. The first kappa shape index (κ1) is 11.5. The van der Waals surface area contributed by atoms with Gasteiger partial charge < -0.3 is 14.5 Å². The van der Waals surface area contributed by atoms with E-state index in [-0.39, 0.29) is 0 Å². The average molecular weight is 247 g/mol. The third kappa shape index (κ3) is 2.32. The maximum absolute atomic E-state index is 5.62. The van der Waals surface area contributed by atoms with Crippen LogP contribution >= 0.6 is 0 Å². The first-order valence-electron chi connectivity index (χ1n) is 6.23. The van der Waals surface area contributed by atoms with Crippen molar-refractivity contribution in [3.63, 3.8) is 0 Å². The maximum Gasteiger partial charge on any atom is 0.152 e. The van der Waals surface area contributed by atoms with Crippen LogP contribution in [-0.2, 0) is 11.3 Å². The third-order valence-corrected chi connectivity index (χ3v) is 3.22. The summed E-state index contributed by atoms with van der Waals surface area (Å²) in [7, 11) is 0. The molecule has 1 unspecified atom stereocenters. The van der Waals surface area contributed by atoms with Crippen molar-refractivity contribution in [2.45, 2.75) is 25.9 Å². The molecule has 1 aliphatic rings. The van der Waals surface area contributed by atoms with Crippen LogP contribution in [0.3, 0.4) is 0 Å². The number of aromatic amines is 1. The monoisotopic (exact) mass is 247 g/mol. The molecule has 0 bridgehead atoms. The van der Waals surface area contributed by atoms with Gasteiger partial charge in [-0.05, 0) is 25.5 Å². The van der Waals surface area contributed by atoms with Crippen LogP contribution in [0.5, 0.6) is 0 Å². The van der Waals surface area contributed by atoms with E-state index in [0.29, 0.717) is 6.04 Å². The molecule has 18 heavy (non-hydrogen) atoms. The number of aromatic nitrogens is 2. The molecule has 5 heteroatoms. The Kier molecular flexibility index (Phi) is 3.17. The highest BCUT2D eigenvalue weighted by molar-refractivity contribution is 5.56. The number of ether oxygens (including phenoxy) is 1. The van der Waals surface area contributed by atoms with Gasteiger partial charge in [0.2, 0.25) is 0 Å². The van der Waals surface area contributed by atoms with E-state index < -0.39 is 0 Å². The molecule has 5 nitrogen and oxygen atoms in total. The molecule has 1 atom stereocenters. The number of aryl methyl sites for hydroxylation is 1. The van der Waals surface area contributed by atoms with E-state index in [4.69, 9.17) is 9.15 Å². The van der Waals surface area contributed by atoms with Crippen molar-refractivity contribution < 1.29 is 9.15 Å². The van der Waals surface area contributed by atoms with Crippen molar-refractivity contribution in [1.82, 2.24) is 15.5 Å². The van der Waals surface area contributed by atoms with E-state index in [0.717, 1.165) is 49.0 Å². The summed E-state index contributed by atoms with van der Waals surface area (Å²) < 4.78 is 11.0. The lowest BCUT2D eigenvalue weighted by molar-refractivity contribution is 0.190. The number of nitrogens with one attached hydrogen (secondary N) is 2. The quantitative estimate of drug-likeness (QED) is 0.865. The van der Waals surface area contributed by atoms with E-state index in [1.54, 1.807) is 0 Å². The predicted molar refractivity (Wildman–Crippen MR) is 67.1 cm³/mol. The molecule has 3 rings (SSSR count). The first-order chi connectivity index (χ1) is 8.83. The molecule has 96 valence electrons. The Labute approximate surface area is 106 Å². The van der Waals surface area contributed by atoms with Crippen LogP contribution < -0.4 is 5.32 Å². The molecule has 3 heterocycles. The second-order valence-electron chi connectivity index (χ2n) is 4.62. The molecule has 2 aromatic heterocycles. The molecular weight excluding hydrogens is 230 g/mol. The SMILES string of the molecule is Cc1ccc(-c2[nH]ncc2CNC2CCOC2)o1. The fourth-order valence-electron chi connectivity index (χ4n) is 2.18. The Morgan fingerprint density at radius 2 is 2.44 bits per heavy atom. The molecule has 1 fully saturated rings. The van der Waals surface area contributed by atoms with E-state index in [2.05, 4.69) is 15.5 Å². The molecule has 0 radical (unpaired) electrons. The number of rotatable bonds is 4. The van der Waals surface area contributed by atoms with Crippen molar-refractivity contribution in [3.05, 3.63) is 29.7 Å². The molecule has 2 aromatic rings. The van der Waals surface area contributed by atoms with Crippen LogP contribution in [-0.4, -0.2) is 29.5 Å². The molecule has 0 aliphatic carbocycles. The minimum Gasteiger partial charge on any atom is -0.460 e. The Morgan fingerprint density at radius 3 is 3.17 bits per heavy atom. The van der Waals surface area contributed by atoms with Crippen molar-refractivity contribution in [3.8, 4) is 11.5 Å². The van der Waals surface area contributed by atoms with Gasteiger partial charge >= 0.3 is 0 Å². The third-order valence-electron chi connectivity index (χ3n) is 3.22. The van der Waals surface area contributed by atoms with E-state index >= 15 is 0 Å². The summed E-state index contributed by atoms with van der Waals surface area (Å²) in [6.45, 7) is 4.37. The van der Waals surface area contributed by atoms with Crippen molar-refractivity contribution >= 4 is 0 Å². The van der Waals surface area contributed by atoms with Crippen LogP contribution in [0.1, 0.15) is 17.7 Å². The molecule has 1 saturated heterocycles. The first-order valence-corrected chi connectivity index (χ1v) is 6.23. The number of hydrogen-bond donors (Lipinski definition) is 2. The second kappa shape index (κ2) is 4.96. The Hall–Kier alpha value is -1.59.